The molecular formula is C42H59NO4. The molecule has 256 valence electrons. The first-order valence-corrected chi connectivity index (χ1v) is 19.0. The average molecular weight is 642 g/mol. The fraction of sp³-hybridized carbons (Fsp3) is 0.667. The molecule has 1 N–H and O–H groups in total. The van der Waals surface area contributed by atoms with E-state index < -0.39 is 5.60 Å². The number of hydrogen-bond acceptors (Lipinski definition) is 4. The van der Waals surface area contributed by atoms with Gasteiger partial charge in [0.05, 0.1) is 11.2 Å². The third-order valence-electron chi connectivity index (χ3n) is 13.7. The zero-order valence-electron chi connectivity index (χ0n) is 29.6. The molecule has 0 radical (unpaired) electrons. The maximum Gasteiger partial charge on any atom is 0.343 e. The SMILES string of the molecule is CC(C)N(C)C(=O)CCCCCCCCCC[C@H]1C[C@]2(C)C3(O)CCC2(CC3)C2CCc3cc(OC(=O)c4ccccc4)ccc3C21. The largest absolute Gasteiger partial charge is 0.423 e. The van der Waals surface area contributed by atoms with E-state index in [9.17, 15) is 14.7 Å². The number of ether oxygens (including phenoxy) is 1. The van der Waals surface area contributed by atoms with E-state index in [-0.39, 0.29) is 28.7 Å². The van der Waals surface area contributed by atoms with Crippen LogP contribution in [0.3, 0.4) is 0 Å². The van der Waals surface area contributed by atoms with Gasteiger partial charge in [-0.2, -0.15) is 0 Å². The maximum absolute atomic E-state index is 12.8. The number of nitrogens with zero attached hydrogens (tertiary/aromatic N) is 1. The summed E-state index contributed by atoms with van der Waals surface area (Å²) in [6, 6.07) is 16.0. The lowest BCUT2D eigenvalue weighted by molar-refractivity contribution is -0.131. The molecular weight excluding hydrogens is 582 g/mol. The number of aryl methyl sites for hydroxylation is 1. The highest BCUT2D eigenvalue weighted by Gasteiger charge is 2.74. The number of unbranched alkanes of at least 4 members (excludes halogenated alkanes) is 7. The van der Waals surface area contributed by atoms with Gasteiger partial charge < -0.3 is 14.7 Å². The number of amides is 1. The second-order valence-electron chi connectivity index (χ2n) is 16.2. The van der Waals surface area contributed by atoms with Crippen LogP contribution in [0.5, 0.6) is 5.75 Å². The molecule has 5 heteroatoms. The minimum atomic E-state index is -0.485. The Bertz CT molecular complexity index is 1390. The van der Waals surface area contributed by atoms with Crippen molar-refractivity contribution in [1.82, 2.24) is 4.90 Å². The van der Waals surface area contributed by atoms with E-state index in [1.807, 2.05) is 36.2 Å². The zero-order chi connectivity index (χ0) is 33.2. The van der Waals surface area contributed by atoms with E-state index >= 15 is 0 Å². The third kappa shape index (κ3) is 6.43. The summed E-state index contributed by atoms with van der Waals surface area (Å²) in [5.41, 5.74) is 3.22. The Morgan fingerprint density at radius 2 is 1.57 bits per heavy atom. The van der Waals surface area contributed by atoms with Gasteiger partial charge in [-0.25, -0.2) is 4.79 Å². The first-order valence-electron chi connectivity index (χ1n) is 19.0. The van der Waals surface area contributed by atoms with Crippen LogP contribution in [0.2, 0.25) is 0 Å². The highest BCUT2D eigenvalue weighted by Crippen LogP contribution is 2.78. The molecule has 2 bridgehead atoms. The normalized spacial score (nSPS) is 30.5. The van der Waals surface area contributed by atoms with Gasteiger partial charge in [-0.3, -0.25) is 4.79 Å². The van der Waals surface area contributed by atoms with Crippen LogP contribution in [-0.4, -0.2) is 40.6 Å². The summed E-state index contributed by atoms with van der Waals surface area (Å²) >= 11 is 0. The Morgan fingerprint density at radius 1 is 0.915 bits per heavy atom. The van der Waals surface area contributed by atoms with Crippen LogP contribution < -0.4 is 4.74 Å². The van der Waals surface area contributed by atoms with Crippen LogP contribution in [0.1, 0.15) is 151 Å². The van der Waals surface area contributed by atoms with Crippen LogP contribution in [0, 0.1) is 22.7 Å². The van der Waals surface area contributed by atoms with E-state index in [0.717, 1.165) is 38.5 Å². The summed E-state index contributed by atoms with van der Waals surface area (Å²) in [7, 11) is 1.91. The van der Waals surface area contributed by atoms with Gasteiger partial charge >= 0.3 is 5.97 Å². The molecule has 6 rings (SSSR count). The first kappa shape index (κ1) is 34.2. The van der Waals surface area contributed by atoms with E-state index in [4.69, 9.17) is 4.74 Å². The lowest BCUT2D eigenvalue weighted by Gasteiger charge is -2.59. The summed E-state index contributed by atoms with van der Waals surface area (Å²) < 4.78 is 5.85. The smallest absolute Gasteiger partial charge is 0.343 e. The number of rotatable bonds is 14. The minimum Gasteiger partial charge on any atom is -0.423 e. The second kappa shape index (κ2) is 14.1. The lowest BCUT2D eigenvalue weighted by Crippen LogP contribution is -2.54. The Kier molecular flexibility index (Phi) is 10.2. The van der Waals surface area contributed by atoms with Crippen molar-refractivity contribution in [3.8, 4) is 5.75 Å². The first-order chi connectivity index (χ1) is 22.6. The van der Waals surface area contributed by atoms with Crippen LogP contribution in [0.25, 0.3) is 0 Å². The minimum absolute atomic E-state index is 0.0276. The fourth-order valence-electron chi connectivity index (χ4n) is 10.8. The molecule has 2 unspecified atom stereocenters. The van der Waals surface area contributed by atoms with E-state index in [1.165, 1.54) is 75.3 Å². The van der Waals surface area contributed by atoms with Gasteiger partial charge in [0.15, 0.2) is 0 Å². The number of carbonyl (C=O) groups is 2. The molecule has 47 heavy (non-hydrogen) atoms. The molecule has 3 fully saturated rings. The molecule has 0 saturated heterocycles. The van der Waals surface area contributed by atoms with Crippen molar-refractivity contribution in [2.45, 2.75) is 147 Å². The van der Waals surface area contributed by atoms with E-state index in [2.05, 4.69) is 32.9 Å². The summed E-state index contributed by atoms with van der Waals surface area (Å²) in [6.07, 6.45) is 19.3. The van der Waals surface area contributed by atoms with Crippen LogP contribution in [-0.2, 0) is 11.2 Å². The van der Waals surface area contributed by atoms with Crippen LogP contribution in [0.15, 0.2) is 48.5 Å². The predicted molar refractivity (Wildman–Crippen MR) is 189 cm³/mol. The van der Waals surface area contributed by atoms with Gasteiger partial charge in [-0.15, -0.1) is 0 Å². The van der Waals surface area contributed by atoms with Gasteiger partial charge in [0.25, 0.3) is 0 Å². The summed E-state index contributed by atoms with van der Waals surface area (Å²) in [6.45, 7) is 6.60. The van der Waals surface area contributed by atoms with Crippen molar-refractivity contribution in [3.63, 3.8) is 0 Å². The summed E-state index contributed by atoms with van der Waals surface area (Å²) in [5.74, 6) is 2.36. The van der Waals surface area contributed by atoms with Gasteiger partial charge in [0.1, 0.15) is 5.75 Å². The number of hydrogen-bond donors (Lipinski definition) is 1. The monoisotopic (exact) mass is 641 g/mol. The van der Waals surface area contributed by atoms with Crippen LogP contribution in [0.4, 0.5) is 0 Å². The quantitative estimate of drug-likeness (QED) is 0.127. The van der Waals surface area contributed by atoms with E-state index in [0.29, 0.717) is 35.5 Å². The number of esters is 1. The van der Waals surface area contributed by atoms with Gasteiger partial charge in [0, 0.05) is 24.9 Å². The number of aliphatic hydroxyl groups is 1. The van der Waals surface area contributed by atoms with Crippen molar-refractivity contribution in [2.24, 2.45) is 22.7 Å². The third-order valence-corrected chi connectivity index (χ3v) is 13.7. The molecule has 4 aliphatic rings. The standard InChI is InChI=1S/C42H59NO4/c1-30(2)43(4)37(44)19-15-10-8-6-5-7-9-12-18-33-29-40(3)41(24-26-42(40,46)27-25-41)36-23-20-32-28-34(21-22-35(32)38(33)36)47-39(45)31-16-13-11-14-17-31/h11,13-14,16-17,21-22,28,30,33,36,38,46H,5-10,12,15,18-20,23-27,29H2,1-4H3/t33-,36?,38?,40-,41?,42?/m0/s1. The van der Waals surface area contributed by atoms with E-state index in [1.54, 1.807) is 12.1 Å². The molecule has 4 aliphatic carbocycles. The Morgan fingerprint density at radius 3 is 2.26 bits per heavy atom. The molecule has 0 aromatic heterocycles. The molecule has 3 saturated carbocycles. The molecule has 4 atom stereocenters. The summed E-state index contributed by atoms with van der Waals surface area (Å²) in [5, 5.41) is 12.0. The molecule has 2 aromatic carbocycles. The lowest BCUT2D eigenvalue weighted by atomic mass is 9.45. The topological polar surface area (TPSA) is 66.8 Å². The molecule has 5 nitrogen and oxygen atoms in total. The maximum atomic E-state index is 12.8. The fourth-order valence-corrected chi connectivity index (χ4v) is 10.8. The predicted octanol–water partition coefficient (Wildman–Crippen LogP) is 9.65. The van der Waals surface area contributed by atoms with Crippen molar-refractivity contribution in [3.05, 3.63) is 65.2 Å². The molecule has 1 amide bonds. The molecule has 0 spiro atoms. The van der Waals surface area contributed by atoms with Crippen molar-refractivity contribution in [1.29, 1.82) is 0 Å². The van der Waals surface area contributed by atoms with Gasteiger partial charge in [-0.05, 0) is 130 Å². The second-order valence-corrected chi connectivity index (χ2v) is 16.2. The Balaban J connectivity index is 1.06. The number of carbonyl (C=O) groups excluding carboxylic acids is 2. The van der Waals surface area contributed by atoms with Crippen molar-refractivity contribution < 1.29 is 19.4 Å². The number of benzene rings is 2. The molecule has 0 heterocycles. The molecule has 2 aromatic rings. The highest BCUT2D eigenvalue weighted by molar-refractivity contribution is 5.91. The van der Waals surface area contributed by atoms with Crippen LogP contribution >= 0.6 is 0 Å². The van der Waals surface area contributed by atoms with Gasteiger partial charge in [-0.1, -0.05) is 76.1 Å². The van der Waals surface area contributed by atoms with Gasteiger partial charge in [0.2, 0.25) is 5.91 Å². The molecule has 0 aliphatic heterocycles. The summed E-state index contributed by atoms with van der Waals surface area (Å²) in [4.78, 5) is 26.9. The average Bonchev–Trinajstić information content (AvgIpc) is 3.44. The van der Waals surface area contributed by atoms with Crippen molar-refractivity contribution in [2.75, 3.05) is 7.05 Å². The Hall–Kier alpha value is -2.66. The van der Waals surface area contributed by atoms with Crippen molar-refractivity contribution >= 4 is 11.9 Å². The number of fused-ring (bicyclic) bond motifs is 3. The Labute approximate surface area is 283 Å². The zero-order valence-corrected chi connectivity index (χ0v) is 29.6. The highest BCUT2D eigenvalue weighted by atomic mass is 16.5.